The van der Waals surface area contributed by atoms with Gasteiger partial charge in [0.15, 0.2) is 11.4 Å². The Labute approximate surface area is 143 Å². The molecule has 2 aromatic carbocycles. The summed E-state index contributed by atoms with van der Waals surface area (Å²) < 4.78 is 45.0. The van der Waals surface area contributed by atoms with E-state index >= 15 is 0 Å². The van der Waals surface area contributed by atoms with Crippen molar-refractivity contribution < 1.29 is 27.8 Å². The van der Waals surface area contributed by atoms with Crippen LogP contribution in [0, 0.1) is 0 Å². The number of hydrogen-bond donors (Lipinski definition) is 1. The third-order valence-electron chi connectivity index (χ3n) is 3.78. The van der Waals surface area contributed by atoms with Gasteiger partial charge in [0.1, 0.15) is 5.75 Å². The van der Waals surface area contributed by atoms with Gasteiger partial charge < -0.3 is 9.84 Å². The summed E-state index contributed by atoms with van der Waals surface area (Å²) in [6, 6.07) is 13.0. The first kappa shape index (κ1) is 18.7. The summed E-state index contributed by atoms with van der Waals surface area (Å²) in [5.41, 5.74) is -3.01. The molecule has 132 valence electrons. The number of ketones is 1. The van der Waals surface area contributed by atoms with E-state index in [0.717, 1.165) is 12.2 Å². The predicted molar refractivity (Wildman–Crippen MR) is 87.5 cm³/mol. The van der Waals surface area contributed by atoms with Crippen LogP contribution in [0.4, 0.5) is 13.2 Å². The third-order valence-corrected chi connectivity index (χ3v) is 3.78. The van der Waals surface area contributed by atoms with Gasteiger partial charge in [-0.2, -0.15) is 13.2 Å². The highest BCUT2D eigenvalue weighted by Crippen LogP contribution is 2.41. The average Bonchev–Trinajstić information content (AvgIpc) is 2.61. The normalized spacial score (nSPS) is 14.3. The Morgan fingerprint density at radius 2 is 1.68 bits per heavy atom. The van der Waals surface area contributed by atoms with Gasteiger partial charge in [-0.25, -0.2) is 0 Å². The number of benzene rings is 2. The molecule has 0 saturated heterocycles. The average molecular weight is 350 g/mol. The molecule has 0 fully saturated rings. The van der Waals surface area contributed by atoms with Crippen molar-refractivity contribution in [3.05, 3.63) is 77.9 Å². The Bertz CT molecular complexity index is 737. The van der Waals surface area contributed by atoms with Crippen molar-refractivity contribution >= 4 is 5.78 Å². The van der Waals surface area contributed by atoms with Crippen molar-refractivity contribution in [2.24, 2.45) is 0 Å². The number of alkyl halides is 3. The lowest BCUT2D eigenvalue weighted by atomic mass is 9.89. The lowest BCUT2D eigenvalue weighted by molar-refractivity contribution is -0.265. The minimum atomic E-state index is -4.87. The highest BCUT2D eigenvalue weighted by Gasteiger charge is 2.53. The molecule has 25 heavy (non-hydrogen) atoms. The van der Waals surface area contributed by atoms with Crippen LogP contribution in [0.5, 0.6) is 5.75 Å². The van der Waals surface area contributed by atoms with Crippen molar-refractivity contribution in [3.63, 3.8) is 0 Å². The van der Waals surface area contributed by atoms with Gasteiger partial charge in [0.2, 0.25) is 0 Å². The second-order valence-electron chi connectivity index (χ2n) is 5.42. The first-order chi connectivity index (χ1) is 11.8. The Hall–Kier alpha value is -2.60. The van der Waals surface area contributed by atoms with E-state index in [2.05, 4.69) is 0 Å². The molecule has 0 radical (unpaired) electrons. The lowest BCUT2D eigenvalue weighted by Crippen LogP contribution is -2.41. The van der Waals surface area contributed by atoms with E-state index in [1.54, 1.807) is 18.2 Å². The van der Waals surface area contributed by atoms with Gasteiger partial charge in [-0.3, -0.25) is 4.79 Å². The van der Waals surface area contributed by atoms with Gasteiger partial charge in [0.05, 0.1) is 7.11 Å². The Balaban J connectivity index is 2.17. The van der Waals surface area contributed by atoms with Gasteiger partial charge in [-0.05, 0) is 35.9 Å². The number of rotatable bonds is 6. The summed E-state index contributed by atoms with van der Waals surface area (Å²) >= 11 is 0. The number of halogens is 3. The zero-order valence-electron chi connectivity index (χ0n) is 13.5. The quantitative estimate of drug-likeness (QED) is 0.625. The summed E-state index contributed by atoms with van der Waals surface area (Å²) in [5, 5.41) is 10.2. The Morgan fingerprint density at radius 3 is 2.20 bits per heavy atom. The van der Waals surface area contributed by atoms with E-state index in [4.69, 9.17) is 4.74 Å². The van der Waals surface area contributed by atoms with Gasteiger partial charge >= 0.3 is 6.18 Å². The van der Waals surface area contributed by atoms with Crippen LogP contribution in [-0.2, 0) is 5.60 Å². The number of carbonyl (C=O) groups excluding carboxylic acids is 1. The van der Waals surface area contributed by atoms with E-state index in [0.29, 0.717) is 11.3 Å². The molecule has 0 aliphatic rings. The zero-order valence-corrected chi connectivity index (χ0v) is 13.5. The van der Waals surface area contributed by atoms with Gasteiger partial charge in [-0.1, -0.05) is 36.4 Å². The second kappa shape index (κ2) is 7.53. The van der Waals surface area contributed by atoms with E-state index in [9.17, 15) is 23.1 Å². The smallest absolute Gasteiger partial charge is 0.421 e. The molecule has 1 N–H and O–H groups in total. The molecule has 0 bridgehead atoms. The summed E-state index contributed by atoms with van der Waals surface area (Å²) in [6.45, 7) is 0. The largest absolute Gasteiger partial charge is 0.497 e. The molecule has 0 spiro atoms. The molecule has 0 heterocycles. The predicted octanol–water partition coefficient (Wildman–Crippen LogP) is 4.27. The molecule has 0 saturated carbocycles. The van der Waals surface area contributed by atoms with E-state index in [-0.39, 0.29) is 5.56 Å². The van der Waals surface area contributed by atoms with Crippen LogP contribution in [0.25, 0.3) is 0 Å². The van der Waals surface area contributed by atoms with E-state index < -0.39 is 24.0 Å². The van der Waals surface area contributed by atoms with Crippen molar-refractivity contribution in [1.29, 1.82) is 0 Å². The van der Waals surface area contributed by atoms with E-state index in [1.165, 1.54) is 43.5 Å². The topological polar surface area (TPSA) is 46.5 Å². The highest BCUT2D eigenvalue weighted by atomic mass is 19.4. The summed E-state index contributed by atoms with van der Waals surface area (Å²) in [4.78, 5) is 12.0. The zero-order chi connectivity index (χ0) is 18.5. The maximum atomic E-state index is 13.3. The van der Waals surface area contributed by atoms with Crippen LogP contribution in [-0.4, -0.2) is 24.2 Å². The summed E-state index contributed by atoms with van der Waals surface area (Å²) in [5.74, 6) is 0.108. The highest BCUT2D eigenvalue weighted by molar-refractivity contribution is 6.04. The van der Waals surface area contributed by atoms with Crippen LogP contribution in [0.15, 0.2) is 66.7 Å². The lowest BCUT2D eigenvalue weighted by Gasteiger charge is -2.30. The molecule has 0 aromatic heterocycles. The Kier molecular flexibility index (Phi) is 5.64. The summed E-state index contributed by atoms with van der Waals surface area (Å²) in [6.07, 6.45) is -3.57. The molecular weight excluding hydrogens is 333 g/mol. The maximum Gasteiger partial charge on any atom is 0.421 e. The molecule has 2 aromatic rings. The number of allylic oxidation sites excluding steroid dienone is 1. The number of aliphatic hydroxyl groups is 1. The standard InChI is InChI=1S/C19H17F3O3/c1-25-16-11-9-14(10-12-16)17(23)8-5-13-18(24,19(20,21)22)15-6-3-2-4-7-15/h2-12,24H,13H2,1H3/b8-5+/t18-/m0/s1. The molecule has 3 nitrogen and oxygen atoms in total. The van der Waals surface area contributed by atoms with Crippen LogP contribution in [0.2, 0.25) is 0 Å². The minimum Gasteiger partial charge on any atom is -0.497 e. The third kappa shape index (κ3) is 4.28. The van der Waals surface area contributed by atoms with Crippen molar-refractivity contribution in [2.75, 3.05) is 7.11 Å². The number of methoxy groups -OCH3 is 1. The summed E-state index contributed by atoms with van der Waals surface area (Å²) in [7, 11) is 1.48. The van der Waals surface area contributed by atoms with E-state index in [1.807, 2.05) is 0 Å². The minimum absolute atomic E-state index is 0.274. The molecule has 0 unspecified atom stereocenters. The van der Waals surface area contributed by atoms with Crippen molar-refractivity contribution in [2.45, 2.75) is 18.2 Å². The van der Waals surface area contributed by atoms with Gasteiger partial charge in [0.25, 0.3) is 0 Å². The van der Waals surface area contributed by atoms with Crippen LogP contribution in [0.3, 0.4) is 0 Å². The number of ether oxygens (including phenoxy) is 1. The van der Waals surface area contributed by atoms with Crippen LogP contribution < -0.4 is 4.74 Å². The Morgan fingerprint density at radius 1 is 1.08 bits per heavy atom. The first-order valence-electron chi connectivity index (χ1n) is 7.47. The monoisotopic (exact) mass is 350 g/mol. The van der Waals surface area contributed by atoms with Crippen molar-refractivity contribution in [1.82, 2.24) is 0 Å². The molecule has 0 amide bonds. The molecule has 6 heteroatoms. The van der Waals surface area contributed by atoms with Crippen LogP contribution in [0.1, 0.15) is 22.3 Å². The molecule has 0 aliphatic heterocycles. The molecular formula is C19H17F3O3. The maximum absolute atomic E-state index is 13.3. The molecule has 2 rings (SSSR count). The number of carbonyl (C=O) groups is 1. The van der Waals surface area contributed by atoms with Crippen LogP contribution >= 0.6 is 0 Å². The molecule has 0 aliphatic carbocycles. The second-order valence-corrected chi connectivity index (χ2v) is 5.42. The SMILES string of the molecule is COc1ccc(C(=O)/C=C/C[C@](O)(c2ccccc2)C(F)(F)F)cc1. The fraction of sp³-hybridized carbons (Fsp3) is 0.211. The fourth-order valence-electron chi connectivity index (χ4n) is 2.30. The first-order valence-corrected chi connectivity index (χ1v) is 7.47. The van der Waals surface area contributed by atoms with Gasteiger partial charge in [-0.15, -0.1) is 0 Å². The van der Waals surface area contributed by atoms with Crippen molar-refractivity contribution in [3.8, 4) is 5.75 Å². The number of hydrogen-bond acceptors (Lipinski definition) is 3. The molecule has 1 atom stereocenters. The fourth-order valence-corrected chi connectivity index (χ4v) is 2.30. The van der Waals surface area contributed by atoms with Gasteiger partial charge in [0, 0.05) is 12.0 Å².